The van der Waals surface area contributed by atoms with Gasteiger partial charge < -0.3 is 44.5 Å². The summed E-state index contributed by atoms with van der Waals surface area (Å²) in [4.78, 5) is 12.8. The molecular weight excluding hydrogens is 508 g/mol. The van der Waals surface area contributed by atoms with Crippen LogP contribution >= 0.6 is 0 Å². The summed E-state index contributed by atoms with van der Waals surface area (Å²) >= 11 is 0. The van der Waals surface area contributed by atoms with Crippen LogP contribution < -0.4 is 14.8 Å². The Hall–Kier alpha value is -3.64. The largest absolute Gasteiger partial charge is 0.507 e. The number of amides is 1. The summed E-state index contributed by atoms with van der Waals surface area (Å²) in [6.07, 6.45) is -6.35. The number of benzene rings is 2. The highest BCUT2D eigenvalue weighted by molar-refractivity contribution is 6.02. The molecule has 3 aromatic rings. The van der Waals surface area contributed by atoms with Crippen molar-refractivity contribution >= 4 is 5.91 Å². The second kappa shape index (κ2) is 11.6. The highest BCUT2D eigenvalue weighted by atomic mass is 16.7. The molecule has 0 saturated carbocycles. The molecule has 1 aromatic heterocycles. The number of ether oxygens (including phenoxy) is 3. The smallest absolute Gasteiger partial charge is 0.274 e. The molecule has 1 saturated heterocycles. The molecule has 0 unspecified atom stereocenters. The molecule has 2 heterocycles. The van der Waals surface area contributed by atoms with Crippen LogP contribution in [0.1, 0.15) is 49.7 Å². The van der Waals surface area contributed by atoms with Gasteiger partial charge in [0.05, 0.1) is 24.3 Å². The molecule has 1 amide bonds. The van der Waals surface area contributed by atoms with Crippen LogP contribution in [-0.4, -0.2) is 75.9 Å². The van der Waals surface area contributed by atoms with Gasteiger partial charge >= 0.3 is 0 Å². The number of aromatic hydroxyl groups is 1. The van der Waals surface area contributed by atoms with Crippen LogP contribution in [0.3, 0.4) is 0 Å². The quantitative estimate of drug-likeness (QED) is 0.286. The number of rotatable bonds is 8. The number of phenolic OH excluding ortho intramolecular Hbond substituents is 1. The van der Waals surface area contributed by atoms with Crippen molar-refractivity contribution in [3.8, 4) is 39.7 Å². The summed E-state index contributed by atoms with van der Waals surface area (Å²) in [5.74, 6) is 0.223. The van der Waals surface area contributed by atoms with E-state index in [2.05, 4.69) is 10.5 Å². The number of methoxy groups -OCH3 is 1. The second-order valence-electron chi connectivity index (χ2n) is 9.68. The number of phenols is 1. The van der Waals surface area contributed by atoms with Crippen LogP contribution in [0.25, 0.3) is 22.5 Å². The van der Waals surface area contributed by atoms with Crippen molar-refractivity contribution in [1.29, 1.82) is 0 Å². The molecule has 0 radical (unpaired) electrons. The Morgan fingerprint density at radius 3 is 2.41 bits per heavy atom. The summed E-state index contributed by atoms with van der Waals surface area (Å²) in [6, 6.07) is 10.0. The zero-order chi connectivity index (χ0) is 28.4. The van der Waals surface area contributed by atoms with Crippen molar-refractivity contribution in [3.63, 3.8) is 0 Å². The summed E-state index contributed by atoms with van der Waals surface area (Å²) in [7, 11) is 1.55. The normalized spacial score (nSPS) is 23.1. The van der Waals surface area contributed by atoms with E-state index in [1.54, 1.807) is 51.3 Å². The van der Waals surface area contributed by atoms with Gasteiger partial charge in [-0.2, -0.15) is 0 Å². The minimum absolute atomic E-state index is 0.0584. The van der Waals surface area contributed by atoms with Gasteiger partial charge in [-0.15, -0.1) is 0 Å². The lowest BCUT2D eigenvalue weighted by molar-refractivity contribution is -0.268. The van der Waals surface area contributed by atoms with E-state index in [1.165, 1.54) is 6.07 Å². The third-order valence-corrected chi connectivity index (χ3v) is 6.67. The lowest BCUT2D eigenvalue weighted by Gasteiger charge is -2.39. The third-order valence-electron chi connectivity index (χ3n) is 6.67. The fourth-order valence-electron chi connectivity index (χ4n) is 4.46. The molecule has 0 aliphatic carbocycles. The highest BCUT2D eigenvalue weighted by Gasteiger charge is 2.43. The van der Waals surface area contributed by atoms with Crippen molar-refractivity contribution in [2.45, 2.75) is 64.3 Å². The van der Waals surface area contributed by atoms with Gasteiger partial charge in [-0.25, -0.2) is 0 Å². The van der Waals surface area contributed by atoms with Gasteiger partial charge in [-0.1, -0.05) is 31.1 Å². The maximum Gasteiger partial charge on any atom is 0.274 e. The van der Waals surface area contributed by atoms with Crippen LogP contribution in [-0.2, 0) is 4.74 Å². The van der Waals surface area contributed by atoms with E-state index in [0.717, 1.165) is 0 Å². The number of carbonyl (C=O) groups excluding carboxylic acids is 1. The van der Waals surface area contributed by atoms with Gasteiger partial charge in [0.1, 0.15) is 35.6 Å². The first-order valence-electron chi connectivity index (χ1n) is 12.7. The fourth-order valence-corrected chi connectivity index (χ4v) is 4.46. The fraction of sp³-hybridized carbons (Fsp3) is 0.429. The van der Waals surface area contributed by atoms with E-state index in [-0.39, 0.29) is 34.4 Å². The van der Waals surface area contributed by atoms with Crippen molar-refractivity contribution in [1.82, 2.24) is 10.5 Å². The lowest BCUT2D eigenvalue weighted by Crippen LogP contribution is -2.58. The SMILES string of the molecule is CCNC(=O)c1noc(-c2cc(C(C)C)c(O[C@@H]3O[C@@H](C)[C@@H](O)[C@@H](O)[C@@H]3O)cc2O)c1-c1ccc(OC)cc1. The Morgan fingerprint density at radius 1 is 1.10 bits per heavy atom. The van der Waals surface area contributed by atoms with Crippen LogP contribution in [0.2, 0.25) is 0 Å². The van der Waals surface area contributed by atoms with Crippen LogP contribution in [0, 0.1) is 0 Å². The topological polar surface area (TPSA) is 164 Å². The van der Waals surface area contributed by atoms with Gasteiger partial charge in [0, 0.05) is 12.6 Å². The van der Waals surface area contributed by atoms with Crippen molar-refractivity contribution in [2.24, 2.45) is 0 Å². The van der Waals surface area contributed by atoms with Crippen molar-refractivity contribution < 1.29 is 44.0 Å². The zero-order valence-electron chi connectivity index (χ0n) is 22.4. The molecule has 1 aliphatic rings. The van der Waals surface area contributed by atoms with Crippen LogP contribution in [0.15, 0.2) is 40.9 Å². The molecule has 0 bridgehead atoms. The predicted octanol–water partition coefficient (Wildman–Crippen LogP) is 2.80. The number of aromatic nitrogens is 1. The molecule has 5 N–H and O–H groups in total. The molecule has 39 heavy (non-hydrogen) atoms. The van der Waals surface area contributed by atoms with Crippen LogP contribution in [0.4, 0.5) is 0 Å². The molecule has 11 heteroatoms. The molecule has 11 nitrogen and oxygen atoms in total. The molecule has 210 valence electrons. The van der Waals surface area contributed by atoms with Crippen molar-refractivity contribution in [2.75, 3.05) is 13.7 Å². The summed E-state index contributed by atoms with van der Waals surface area (Å²) < 4.78 is 22.4. The van der Waals surface area contributed by atoms with Gasteiger partial charge in [-0.3, -0.25) is 4.79 Å². The van der Waals surface area contributed by atoms with Gasteiger partial charge in [0.15, 0.2) is 11.5 Å². The van der Waals surface area contributed by atoms with E-state index in [1.807, 2.05) is 13.8 Å². The third kappa shape index (κ3) is 5.57. The zero-order valence-corrected chi connectivity index (χ0v) is 22.4. The molecule has 4 rings (SSSR count). The first-order valence-corrected chi connectivity index (χ1v) is 12.7. The predicted molar refractivity (Wildman–Crippen MR) is 141 cm³/mol. The minimum Gasteiger partial charge on any atom is -0.507 e. The number of nitrogens with one attached hydrogen (secondary N) is 1. The molecule has 2 aromatic carbocycles. The van der Waals surface area contributed by atoms with Crippen LogP contribution in [0.5, 0.6) is 17.2 Å². The lowest BCUT2D eigenvalue weighted by atomic mass is 9.94. The summed E-state index contributed by atoms with van der Waals surface area (Å²) in [5, 5.41) is 48.5. The number of nitrogens with zero attached hydrogens (tertiary/aromatic N) is 1. The van der Waals surface area contributed by atoms with E-state index in [0.29, 0.717) is 29.0 Å². The minimum atomic E-state index is -1.52. The highest BCUT2D eigenvalue weighted by Crippen LogP contribution is 2.44. The molecule has 0 spiro atoms. The number of hydrogen-bond donors (Lipinski definition) is 5. The summed E-state index contributed by atoms with van der Waals surface area (Å²) in [5.41, 5.74) is 1.97. The maximum atomic E-state index is 12.8. The average Bonchev–Trinajstić information content (AvgIpc) is 3.35. The Balaban J connectivity index is 1.80. The van der Waals surface area contributed by atoms with E-state index >= 15 is 0 Å². The van der Waals surface area contributed by atoms with E-state index in [4.69, 9.17) is 18.7 Å². The first kappa shape index (κ1) is 28.4. The monoisotopic (exact) mass is 542 g/mol. The number of aliphatic hydroxyl groups excluding tert-OH is 3. The van der Waals surface area contributed by atoms with Gasteiger partial charge in [0.25, 0.3) is 5.91 Å². The maximum absolute atomic E-state index is 12.8. The van der Waals surface area contributed by atoms with Gasteiger partial charge in [-0.05, 0) is 49.1 Å². The first-order chi connectivity index (χ1) is 18.6. The molecular formula is C28H34N2O9. The molecule has 1 fully saturated rings. The Kier molecular flexibility index (Phi) is 8.45. The number of hydrogen-bond acceptors (Lipinski definition) is 10. The Bertz CT molecular complexity index is 1310. The molecule has 1 aliphatic heterocycles. The van der Waals surface area contributed by atoms with E-state index in [9.17, 15) is 25.2 Å². The molecule has 5 atom stereocenters. The number of aliphatic hydroxyl groups is 3. The van der Waals surface area contributed by atoms with Crippen molar-refractivity contribution in [3.05, 3.63) is 47.7 Å². The second-order valence-corrected chi connectivity index (χ2v) is 9.68. The Labute approximate surface area is 225 Å². The summed E-state index contributed by atoms with van der Waals surface area (Å²) in [6.45, 7) is 7.55. The van der Waals surface area contributed by atoms with Gasteiger partial charge in [0.2, 0.25) is 6.29 Å². The number of carbonyl (C=O) groups is 1. The standard InChI is InChI=1S/C28H34N2O9/c1-6-29-27(35)22-21(15-7-9-16(36-5)10-8-15)26(39-30-22)18-11-17(13(2)3)20(12-19(18)31)38-28-25(34)24(33)23(32)14(4)37-28/h7-14,23-25,28,31-34H,6H2,1-5H3,(H,29,35)/t14-,23+,24+,25-,28-/m0/s1. The van der Waals surface area contributed by atoms with E-state index < -0.39 is 36.6 Å². The average molecular weight is 543 g/mol. The Morgan fingerprint density at radius 2 is 1.79 bits per heavy atom.